The van der Waals surface area contributed by atoms with Crippen LogP contribution < -0.4 is 10.6 Å². The van der Waals surface area contributed by atoms with Gasteiger partial charge in [-0.05, 0) is 50.7 Å². The summed E-state index contributed by atoms with van der Waals surface area (Å²) in [7, 11) is -0.776. The lowest BCUT2D eigenvalue weighted by atomic mass is 9.88. The second-order valence-corrected chi connectivity index (χ2v) is 9.86. The summed E-state index contributed by atoms with van der Waals surface area (Å²) < 4.78 is 22.6. The van der Waals surface area contributed by atoms with E-state index in [1.807, 2.05) is 18.3 Å². The number of nitrogens with zero attached hydrogens (tertiary/aromatic N) is 2. The maximum atomic E-state index is 11.3. The second kappa shape index (κ2) is 9.54. The van der Waals surface area contributed by atoms with Crippen LogP contribution in [0, 0.1) is 5.92 Å². The molecule has 2 N–H and O–H groups in total. The van der Waals surface area contributed by atoms with E-state index in [1.165, 1.54) is 24.0 Å². The average molecular weight is 387 g/mol. The van der Waals surface area contributed by atoms with Crippen LogP contribution in [0.1, 0.15) is 30.7 Å². The number of thiophene rings is 1. The van der Waals surface area contributed by atoms with Crippen molar-refractivity contribution in [3.8, 4) is 0 Å². The summed E-state index contributed by atoms with van der Waals surface area (Å²) in [6.07, 6.45) is 3.61. The van der Waals surface area contributed by atoms with Crippen molar-refractivity contribution in [1.29, 1.82) is 0 Å². The first kappa shape index (κ1) is 20.2. The average Bonchev–Trinajstić information content (AvgIpc) is 3.05. The van der Waals surface area contributed by atoms with E-state index in [-0.39, 0.29) is 5.75 Å². The topological polar surface area (TPSA) is 73.8 Å². The summed E-state index contributed by atoms with van der Waals surface area (Å²) in [5.41, 5.74) is 0. The van der Waals surface area contributed by atoms with Gasteiger partial charge in [-0.2, -0.15) is 0 Å². The van der Waals surface area contributed by atoms with Crippen molar-refractivity contribution in [3.63, 3.8) is 0 Å². The van der Waals surface area contributed by atoms with E-state index < -0.39 is 9.84 Å². The normalized spacial score (nSPS) is 22.8. The fourth-order valence-corrected chi connectivity index (χ4v) is 4.72. The minimum Gasteiger partial charge on any atom is -0.357 e. The molecule has 2 atom stereocenters. The van der Waals surface area contributed by atoms with Crippen molar-refractivity contribution in [3.05, 3.63) is 22.4 Å². The number of piperidine rings is 1. The van der Waals surface area contributed by atoms with Crippen LogP contribution in [0.2, 0.25) is 0 Å². The Morgan fingerprint density at radius 1 is 1.44 bits per heavy atom. The monoisotopic (exact) mass is 386 g/mol. The predicted molar refractivity (Wildman–Crippen MR) is 106 cm³/mol. The quantitative estimate of drug-likeness (QED) is 0.551. The number of sulfone groups is 1. The molecule has 2 rings (SSSR count). The number of guanidine groups is 1. The highest BCUT2D eigenvalue weighted by Gasteiger charge is 2.31. The lowest BCUT2D eigenvalue weighted by Gasteiger charge is -2.38. The molecule has 0 saturated carbocycles. The predicted octanol–water partition coefficient (Wildman–Crippen LogP) is 1.73. The van der Waals surface area contributed by atoms with Crippen LogP contribution in [-0.2, 0) is 9.84 Å². The minimum atomic E-state index is -2.97. The molecule has 0 spiro atoms. The molecule has 1 saturated heterocycles. The van der Waals surface area contributed by atoms with Gasteiger partial charge in [-0.1, -0.05) is 6.07 Å². The van der Waals surface area contributed by atoms with Gasteiger partial charge in [0.25, 0.3) is 0 Å². The van der Waals surface area contributed by atoms with E-state index in [1.54, 1.807) is 0 Å². The standard InChI is InChI=1S/C17H30N4O2S2/c1-4-18-17(19-9-12-25(3,22)23)20-13-14-7-5-10-21(2)16(14)15-8-6-11-24-15/h6,8,11,14,16H,4-5,7,9-10,12-13H2,1-3H3,(H2,18,19,20). The Bertz CT molecular complexity index is 644. The molecule has 2 heterocycles. The molecule has 25 heavy (non-hydrogen) atoms. The van der Waals surface area contributed by atoms with Gasteiger partial charge in [-0.3, -0.25) is 9.89 Å². The van der Waals surface area contributed by atoms with Gasteiger partial charge in [0.1, 0.15) is 9.84 Å². The van der Waals surface area contributed by atoms with Crippen LogP contribution in [0.15, 0.2) is 22.5 Å². The molecule has 8 heteroatoms. The number of likely N-dealkylation sites (tertiary alicyclic amines) is 1. The Hall–Kier alpha value is -1.12. The van der Waals surface area contributed by atoms with Gasteiger partial charge >= 0.3 is 0 Å². The maximum absolute atomic E-state index is 11.3. The summed E-state index contributed by atoms with van der Waals surface area (Å²) in [4.78, 5) is 8.56. The van der Waals surface area contributed by atoms with Gasteiger partial charge in [-0.15, -0.1) is 11.3 Å². The van der Waals surface area contributed by atoms with Crippen LogP contribution in [0.5, 0.6) is 0 Å². The second-order valence-electron chi connectivity index (χ2n) is 6.62. The molecule has 1 aromatic rings. The molecular weight excluding hydrogens is 356 g/mol. The van der Waals surface area contributed by atoms with Crippen molar-refractivity contribution >= 4 is 27.1 Å². The van der Waals surface area contributed by atoms with E-state index >= 15 is 0 Å². The number of rotatable bonds is 7. The summed E-state index contributed by atoms with van der Waals surface area (Å²) >= 11 is 1.81. The Balaban J connectivity index is 2.01. The van der Waals surface area contributed by atoms with Crippen molar-refractivity contribution in [2.75, 3.05) is 45.2 Å². The number of hydrogen-bond acceptors (Lipinski definition) is 5. The number of nitrogens with one attached hydrogen (secondary N) is 2. The summed E-state index contributed by atoms with van der Waals surface area (Å²) in [5.74, 6) is 1.29. The van der Waals surface area contributed by atoms with Crippen LogP contribution in [0.4, 0.5) is 0 Å². The smallest absolute Gasteiger partial charge is 0.191 e. The molecule has 142 valence electrons. The molecule has 1 aliphatic rings. The van der Waals surface area contributed by atoms with E-state index in [0.717, 1.165) is 19.6 Å². The molecule has 6 nitrogen and oxygen atoms in total. The van der Waals surface area contributed by atoms with Crippen LogP contribution >= 0.6 is 11.3 Å². The highest BCUT2D eigenvalue weighted by atomic mass is 32.2. The van der Waals surface area contributed by atoms with Crippen LogP contribution in [0.25, 0.3) is 0 Å². The van der Waals surface area contributed by atoms with E-state index in [9.17, 15) is 8.42 Å². The fraction of sp³-hybridized carbons (Fsp3) is 0.706. The van der Waals surface area contributed by atoms with Gasteiger partial charge in [0.05, 0.1) is 5.75 Å². The van der Waals surface area contributed by atoms with Crippen molar-refractivity contribution < 1.29 is 8.42 Å². The zero-order valence-corrected chi connectivity index (χ0v) is 17.0. The molecule has 1 aliphatic heterocycles. The zero-order valence-electron chi connectivity index (χ0n) is 15.4. The molecule has 0 amide bonds. The van der Waals surface area contributed by atoms with Gasteiger partial charge in [0.2, 0.25) is 0 Å². The molecule has 2 unspecified atom stereocenters. The first-order chi connectivity index (χ1) is 11.9. The summed E-state index contributed by atoms with van der Waals surface area (Å²) in [6.45, 7) is 5.00. The Morgan fingerprint density at radius 3 is 2.88 bits per heavy atom. The summed E-state index contributed by atoms with van der Waals surface area (Å²) in [5, 5.41) is 8.46. The van der Waals surface area contributed by atoms with E-state index in [2.05, 4.69) is 40.1 Å². The van der Waals surface area contributed by atoms with Crippen LogP contribution in [-0.4, -0.2) is 64.5 Å². The van der Waals surface area contributed by atoms with Crippen LogP contribution in [0.3, 0.4) is 0 Å². The number of hydrogen-bond donors (Lipinski definition) is 2. The van der Waals surface area contributed by atoms with E-state index in [4.69, 9.17) is 4.99 Å². The fourth-order valence-electron chi connectivity index (χ4n) is 3.27. The lowest BCUT2D eigenvalue weighted by Crippen LogP contribution is -2.41. The van der Waals surface area contributed by atoms with Crippen molar-refractivity contribution in [2.45, 2.75) is 25.8 Å². The van der Waals surface area contributed by atoms with Gasteiger partial charge in [0.15, 0.2) is 5.96 Å². The first-order valence-electron chi connectivity index (χ1n) is 8.84. The molecule has 0 radical (unpaired) electrons. The van der Waals surface area contributed by atoms with E-state index in [0.29, 0.717) is 24.5 Å². The highest BCUT2D eigenvalue weighted by molar-refractivity contribution is 7.90. The largest absolute Gasteiger partial charge is 0.357 e. The minimum absolute atomic E-state index is 0.113. The molecule has 1 aromatic heterocycles. The van der Waals surface area contributed by atoms with Gasteiger partial charge in [-0.25, -0.2) is 8.42 Å². The molecule has 0 bridgehead atoms. The Labute approximate surface area is 155 Å². The van der Waals surface area contributed by atoms with Gasteiger partial charge in [0, 0.05) is 36.8 Å². The molecular formula is C17H30N4O2S2. The lowest BCUT2D eigenvalue weighted by molar-refractivity contribution is 0.128. The number of aliphatic imine (C=N–C) groups is 1. The first-order valence-corrected chi connectivity index (χ1v) is 11.8. The maximum Gasteiger partial charge on any atom is 0.191 e. The highest BCUT2D eigenvalue weighted by Crippen LogP contribution is 2.37. The third-order valence-corrected chi connectivity index (χ3v) is 6.32. The Morgan fingerprint density at radius 2 is 2.24 bits per heavy atom. The third kappa shape index (κ3) is 6.60. The third-order valence-electron chi connectivity index (χ3n) is 4.44. The molecule has 0 aliphatic carbocycles. The van der Waals surface area contributed by atoms with Crippen molar-refractivity contribution in [1.82, 2.24) is 15.5 Å². The Kier molecular flexibility index (Phi) is 7.71. The van der Waals surface area contributed by atoms with Crippen molar-refractivity contribution in [2.24, 2.45) is 10.9 Å². The molecule has 0 aromatic carbocycles. The molecule has 1 fully saturated rings. The zero-order chi connectivity index (χ0) is 18.3. The summed E-state index contributed by atoms with van der Waals surface area (Å²) in [6, 6.07) is 4.74. The SMILES string of the molecule is CCNC(=NCC1CCCN(C)C1c1cccs1)NCCS(C)(=O)=O. The van der Waals surface area contributed by atoms with Gasteiger partial charge < -0.3 is 10.6 Å².